The lowest BCUT2D eigenvalue weighted by atomic mass is 9.77. The van der Waals surface area contributed by atoms with Crippen LogP contribution in [0.4, 0.5) is 0 Å². The number of hydrogen-bond acceptors (Lipinski definition) is 3. The summed E-state index contributed by atoms with van der Waals surface area (Å²) in [6, 6.07) is 0. The van der Waals surface area contributed by atoms with Crippen molar-refractivity contribution in [1.82, 2.24) is 15.1 Å². The maximum atomic E-state index is 3.44. The van der Waals surface area contributed by atoms with Crippen LogP contribution in [0.3, 0.4) is 0 Å². The van der Waals surface area contributed by atoms with E-state index >= 15 is 0 Å². The Morgan fingerprint density at radius 3 is 2.29 bits per heavy atom. The van der Waals surface area contributed by atoms with E-state index in [1.54, 1.807) is 0 Å². The van der Waals surface area contributed by atoms with E-state index in [0.29, 0.717) is 5.54 Å². The minimum absolute atomic E-state index is 0.618. The molecule has 3 aliphatic rings. The lowest BCUT2D eigenvalue weighted by Gasteiger charge is -2.62. The average molecular weight is 239 g/mol. The third-order valence-corrected chi connectivity index (χ3v) is 4.73. The summed E-state index contributed by atoms with van der Waals surface area (Å²) < 4.78 is 0. The summed E-state index contributed by atoms with van der Waals surface area (Å²) in [5.74, 6) is 0.967. The highest BCUT2D eigenvalue weighted by Gasteiger charge is 2.51. The summed E-state index contributed by atoms with van der Waals surface area (Å²) in [5.41, 5.74) is 0.618. The van der Waals surface area contributed by atoms with Gasteiger partial charge in [0.2, 0.25) is 0 Å². The van der Waals surface area contributed by atoms with Crippen LogP contribution in [0.15, 0.2) is 0 Å². The molecule has 0 bridgehead atoms. The highest BCUT2D eigenvalue weighted by molar-refractivity contribution is 5.09. The normalized spacial score (nSPS) is 29.1. The second-order valence-corrected chi connectivity index (χ2v) is 5.76. The van der Waals surface area contributed by atoms with Crippen LogP contribution in [0.5, 0.6) is 0 Å². The molecule has 3 rings (SSSR count). The molecule has 0 radical (unpaired) electrons. The molecular weight excluding hydrogens is 210 g/mol. The Morgan fingerprint density at radius 1 is 1.18 bits per heavy atom. The van der Waals surface area contributed by atoms with E-state index in [1.165, 1.54) is 58.5 Å². The number of hydrogen-bond donors (Lipinski definition) is 1. The number of nitrogens with zero attached hydrogens (tertiary/aromatic N) is 2. The van der Waals surface area contributed by atoms with Gasteiger partial charge in [-0.15, -0.1) is 0 Å². The molecule has 0 aromatic rings. The van der Waals surface area contributed by atoms with Gasteiger partial charge in [0.1, 0.15) is 0 Å². The minimum atomic E-state index is 0.618. The van der Waals surface area contributed by atoms with Crippen LogP contribution >= 0.6 is 0 Å². The minimum Gasteiger partial charge on any atom is -0.317 e. The van der Waals surface area contributed by atoms with Crippen molar-refractivity contribution in [1.29, 1.82) is 0 Å². The molecule has 100 valence electrons. The van der Waals surface area contributed by atoms with E-state index in [2.05, 4.69) is 22.2 Å². The molecule has 0 aromatic carbocycles. The predicted molar refractivity (Wildman–Crippen MR) is 73.4 cm³/mol. The molecule has 1 N–H and O–H groups in total. The fraction of sp³-hybridized carbons (Fsp3) is 1.00. The van der Waals surface area contributed by atoms with Crippen molar-refractivity contribution in [2.45, 2.75) is 38.6 Å². The Morgan fingerprint density at radius 2 is 1.82 bits per heavy atom. The van der Waals surface area contributed by atoms with Gasteiger partial charge in [0.25, 0.3) is 0 Å². The van der Waals surface area contributed by atoms with Crippen LogP contribution < -0.4 is 5.32 Å². The Balaban J connectivity index is 0.000000514. The van der Waals surface area contributed by atoms with E-state index in [4.69, 9.17) is 0 Å². The largest absolute Gasteiger partial charge is 0.317 e. The Hall–Kier alpha value is -0.120. The molecule has 3 heterocycles. The van der Waals surface area contributed by atoms with E-state index in [1.807, 2.05) is 13.8 Å². The third kappa shape index (κ3) is 2.67. The highest BCUT2D eigenvalue weighted by Crippen LogP contribution is 2.38. The molecule has 17 heavy (non-hydrogen) atoms. The van der Waals surface area contributed by atoms with Crippen molar-refractivity contribution in [3.05, 3.63) is 0 Å². The highest BCUT2D eigenvalue weighted by atomic mass is 15.4. The monoisotopic (exact) mass is 239 g/mol. The van der Waals surface area contributed by atoms with Crippen molar-refractivity contribution in [3.8, 4) is 0 Å². The van der Waals surface area contributed by atoms with E-state index < -0.39 is 0 Å². The van der Waals surface area contributed by atoms with Crippen molar-refractivity contribution in [2.24, 2.45) is 5.92 Å². The van der Waals surface area contributed by atoms with Gasteiger partial charge in [0.05, 0.1) is 0 Å². The molecule has 3 heteroatoms. The lowest BCUT2D eigenvalue weighted by Crippen LogP contribution is -2.75. The molecule has 0 saturated carbocycles. The van der Waals surface area contributed by atoms with Crippen LogP contribution in [0, 0.1) is 5.92 Å². The molecule has 0 atom stereocenters. The summed E-state index contributed by atoms with van der Waals surface area (Å²) in [7, 11) is 2.28. The maximum absolute atomic E-state index is 3.44. The van der Waals surface area contributed by atoms with Crippen LogP contribution in [-0.2, 0) is 0 Å². The molecule has 3 saturated heterocycles. The average Bonchev–Trinajstić information content (AvgIpc) is 2.35. The number of rotatable bonds is 2. The first-order valence-corrected chi connectivity index (χ1v) is 7.43. The Bertz CT molecular complexity index is 230. The van der Waals surface area contributed by atoms with Gasteiger partial charge in [-0.1, -0.05) is 13.8 Å². The number of likely N-dealkylation sites (N-methyl/N-ethyl adjacent to an activating group) is 1. The second-order valence-electron chi connectivity index (χ2n) is 5.76. The molecule has 0 unspecified atom stereocenters. The van der Waals surface area contributed by atoms with Crippen LogP contribution in [-0.4, -0.2) is 61.7 Å². The topological polar surface area (TPSA) is 18.5 Å². The van der Waals surface area contributed by atoms with E-state index in [0.717, 1.165) is 5.92 Å². The fourth-order valence-corrected chi connectivity index (χ4v) is 3.40. The molecular formula is C14H29N3. The van der Waals surface area contributed by atoms with Crippen LogP contribution in [0.1, 0.15) is 33.1 Å². The van der Waals surface area contributed by atoms with Gasteiger partial charge in [-0.05, 0) is 45.3 Å². The van der Waals surface area contributed by atoms with Crippen molar-refractivity contribution >= 4 is 0 Å². The summed E-state index contributed by atoms with van der Waals surface area (Å²) in [6.45, 7) is 11.8. The van der Waals surface area contributed by atoms with Crippen molar-refractivity contribution in [3.63, 3.8) is 0 Å². The smallest absolute Gasteiger partial charge is 0.0472 e. The Kier molecular flexibility index (Phi) is 4.45. The zero-order valence-corrected chi connectivity index (χ0v) is 11.8. The van der Waals surface area contributed by atoms with Crippen molar-refractivity contribution in [2.75, 3.05) is 46.3 Å². The van der Waals surface area contributed by atoms with Gasteiger partial charge in [0.15, 0.2) is 0 Å². The molecule has 0 aliphatic carbocycles. The maximum Gasteiger partial charge on any atom is 0.0472 e. The van der Waals surface area contributed by atoms with Crippen LogP contribution in [0.2, 0.25) is 0 Å². The number of nitrogens with one attached hydrogen (secondary N) is 1. The first kappa shape index (κ1) is 13.3. The van der Waals surface area contributed by atoms with E-state index in [9.17, 15) is 0 Å². The van der Waals surface area contributed by atoms with Gasteiger partial charge in [-0.3, -0.25) is 9.80 Å². The molecule has 3 fully saturated rings. The van der Waals surface area contributed by atoms with Crippen LogP contribution in [0.25, 0.3) is 0 Å². The van der Waals surface area contributed by atoms with Crippen molar-refractivity contribution < 1.29 is 0 Å². The molecule has 3 aliphatic heterocycles. The quantitative estimate of drug-likeness (QED) is 0.786. The predicted octanol–water partition coefficient (Wildman–Crippen LogP) is 1.40. The van der Waals surface area contributed by atoms with Gasteiger partial charge in [0, 0.05) is 31.7 Å². The third-order valence-electron chi connectivity index (χ3n) is 4.73. The first-order chi connectivity index (χ1) is 8.28. The fourth-order valence-electron chi connectivity index (χ4n) is 3.40. The number of piperidine rings is 1. The van der Waals surface area contributed by atoms with Gasteiger partial charge in [-0.2, -0.15) is 0 Å². The zero-order valence-electron chi connectivity index (χ0n) is 11.8. The zero-order chi connectivity index (χ0) is 12.3. The SMILES string of the molecule is CC.CN1CCC12CN(CC1CCNCC1)C2. The summed E-state index contributed by atoms with van der Waals surface area (Å²) in [5, 5.41) is 3.44. The molecule has 3 nitrogen and oxygen atoms in total. The standard InChI is InChI=1S/C12H23N3.C2H6/c1-14-7-4-12(14)9-15(10-12)8-11-2-5-13-6-3-11;1-2/h11,13H,2-10H2,1H3;1-2H3. The van der Waals surface area contributed by atoms with Gasteiger partial charge in [-0.25, -0.2) is 0 Å². The summed E-state index contributed by atoms with van der Waals surface area (Å²) in [6.07, 6.45) is 4.21. The summed E-state index contributed by atoms with van der Waals surface area (Å²) in [4.78, 5) is 5.22. The molecule has 0 amide bonds. The number of likely N-dealkylation sites (tertiary alicyclic amines) is 2. The summed E-state index contributed by atoms with van der Waals surface area (Å²) >= 11 is 0. The molecule has 0 aromatic heterocycles. The van der Waals surface area contributed by atoms with Gasteiger partial charge < -0.3 is 5.32 Å². The first-order valence-electron chi connectivity index (χ1n) is 7.43. The second kappa shape index (κ2) is 5.68. The lowest BCUT2D eigenvalue weighted by molar-refractivity contribution is -0.113. The molecule has 1 spiro atoms. The van der Waals surface area contributed by atoms with Gasteiger partial charge >= 0.3 is 0 Å². The van der Waals surface area contributed by atoms with E-state index in [-0.39, 0.29) is 0 Å². The Labute approximate surface area is 107 Å².